The number of benzene rings is 1. The lowest BCUT2D eigenvalue weighted by Crippen LogP contribution is -2.09. The Morgan fingerprint density at radius 3 is 2.26 bits per heavy atom. The van der Waals surface area contributed by atoms with Crippen LogP contribution >= 0.6 is 0 Å². The van der Waals surface area contributed by atoms with Gasteiger partial charge < -0.3 is 4.52 Å². The average molecular weight is 273 g/mol. The lowest BCUT2D eigenvalue weighted by atomic mass is 10.0. The van der Waals surface area contributed by atoms with Crippen LogP contribution in [0.25, 0.3) is 11.3 Å². The molecule has 1 aromatic carbocycles. The molecule has 100 valence electrons. The summed E-state index contributed by atoms with van der Waals surface area (Å²) in [6.45, 7) is 0.981. The highest BCUT2D eigenvalue weighted by atomic mass is 19.4. The molecule has 0 aliphatic carbocycles. The predicted molar refractivity (Wildman–Crippen MR) is 56.9 cm³/mol. The van der Waals surface area contributed by atoms with Gasteiger partial charge in [0.2, 0.25) is 0 Å². The SMILES string of the molecule is CC(=O)c1c(-c2ccc(F)cc2)noc1C(F)(F)F. The third-order valence-corrected chi connectivity index (χ3v) is 2.42. The van der Waals surface area contributed by atoms with Gasteiger partial charge in [0.05, 0.1) is 5.56 Å². The van der Waals surface area contributed by atoms with Crippen molar-refractivity contribution in [1.29, 1.82) is 0 Å². The molecule has 0 saturated carbocycles. The topological polar surface area (TPSA) is 43.1 Å². The van der Waals surface area contributed by atoms with Crippen LogP contribution in [0.2, 0.25) is 0 Å². The minimum absolute atomic E-state index is 0.172. The van der Waals surface area contributed by atoms with E-state index in [0.717, 1.165) is 19.1 Å². The van der Waals surface area contributed by atoms with Crippen LogP contribution in [0.4, 0.5) is 17.6 Å². The Hall–Kier alpha value is -2.18. The van der Waals surface area contributed by atoms with Crippen molar-refractivity contribution in [3.63, 3.8) is 0 Å². The molecule has 1 aromatic heterocycles. The number of hydrogen-bond acceptors (Lipinski definition) is 3. The van der Waals surface area contributed by atoms with Crippen LogP contribution in [0.3, 0.4) is 0 Å². The van der Waals surface area contributed by atoms with Crippen molar-refractivity contribution < 1.29 is 26.9 Å². The van der Waals surface area contributed by atoms with Gasteiger partial charge in [-0.25, -0.2) is 4.39 Å². The van der Waals surface area contributed by atoms with Gasteiger partial charge in [0.25, 0.3) is 5.76 Å². The summed E-state index contributed by atoms with van der Waals surface area (Å²) in [6.07, 6.45) is -4.81. The van der Waals surface area contributed by atoms with Gasteiger partial charge in [-0.2, -0.15) is 13.2 Å². The number of nitrogens with zero attached hydrogens (tertiary/aromatic N) is 1. The fraction of sp³-hybridized carbons (Fsp3) is 0.167. The van der Waals surface area contributed by atoms with Crippen molar-refractivity contribution >= 4 is 5.78 Å². The molecule has 1 heterocycles. The molecule has 0 fully saturated rings. The molecule has 2 aromatic rings. The highest BCUT2D eigenvalue weighted by Crippen LogP contribution is 2.36. The van der Waals surface area contributed by atoms with Crippen LogP contribution in [0.1, 0.15) is 23.0 Å². The Labute approximate surface area is 104 Å². The normalized spacial score (nSPS) is 11.6. The van der Waals surface area contributed by atoms with Gasteiger partial charge in [-0.15, -0.1) is 0 Å². The molecular weight excluding hydrogens is 266 g/mol. The number of aromatic nitrogens is 1. The molecule has 0 saturated heterocycles. The minimum atomic E-state index is -4.81. The maximum Gasteiger partial charge on any atom is 0.453 e. The third-order valence-electron chi connectivity index (χ3n) is 2.42. The first kappa shape index (κ1) is 13.3. The number of Topliss-reactive ketones (excluding diaryl/α,β-unsaturated/α-hetero) is 1. The lowest BCUT2D eigenvalue weighted by molar-refractivity contribution is -0.155. The van der Waals surface area contributed by atoms with Crippen molar-refractivity contribution in [2.45, 2.75) is 13.1 Å². The molecule has 0 amide bonds. The van der Waals surface area contributed by atoms with E-state index in [-0.39, 0.29) is 11.3 Å². The van der Waals surface area contributed by atoms with Crippen molar-refractivity contribution in [1.82, 2.24) is 5.16 Å². The summed E-state index contributed by atoms with van der Waals surface area (Å²) in [6, 6.07) is 4.56. The summed E-state index contributed by atoms with van der Waals surface area (Å²) >= 11 is 0. The van der Waals surface area contributed by atoms with Crippen LogP contribution in [0.5, 0.6) is 0 Å². The van der Waals surface area contributed by atoms with E-state index in [1.807, 2.05) is 0 Å². The van der Waals surface area contributed by atoms with E-state index in [1.165, 1.54) is 12.1 Å². The van der Waals surface area contributed by atoms with Crippen molar-refractivity contribution in [2.24, 2.45) is 0 Å². The second-order valence-corrected chi connectivity index (χ2v) is 3.80. The average Bonchev–Trinajstić information content (AvgIpc) is 2.74. The van der Waals surface area contributed by atoms with Crippen LogP contribution in [-0.4, -0.2) is 10.9 Å². The molecule has 0 bridgehead atoms. The van der Waals surface area contributed by atoms with E-state index in [1.54, 1.807) is 0 Å². The van der Waals surface area contributed by atoms with Gasteiger partial charge in [0.15, 0.2) is 5.78 Å². The molecule has 0 atom stereocenters. The second kappa shape index (κ2) is 4.49. The van der Waals surface area contributed by atoms with Gasteiger partial charge in [0, 0.05) is 5.56 Å². The van der Waals surface area contributed by atoms with Crippen LogP contribution in [0.15, 0.2) is 28.8 Å². The summed E-state index contributed by atoms with van der Waals surface area (Å²) in [7, 11) is 0. The first-order valence-corrected chi connectivity index (χ1v) is 5.14. The molecule has 0 N–H and O–H groups in total. The van der Waals surface area contributed by atoms with Crippen LogP contribution in [-0.2, 0) is 6.18 Å². The first-order chi connectivity index (χ1) is 8.80. The molecule has 3 nitrogen and oxygen atoms in total. The maximum atomic E-state index is 12.8. The summed E-state index contributed by atoms with van der Waals surface area (Å²) in [5.74, 6) is -2.82. The lowest BCUT2D eigenvalue weighted by Gasteiger charge is -2.03. The number of alkyl halides is 3. The number of ketones is 1. The Balaban J connectivity index is 2.62. The standard InChI is InChI=1S/C12H7F4NO2/c1-6(18)9-10(7-2-4-8(13)5-3-7)17-19-11(9)12(14,15)16/h2-5H,1H3. The van der Waals surface area contributed by atoms with Gasteiger partial charge in [-0.1, -0.05) is 5.16 Å². The fourth-order valence-corrected chi connectivity index (χ4v) is 1.62. The van der Waals surface area contributed by atoms with E-state index >= 15 is 0 Å². The van der Waals surface area contributed by atoms with Gasteiger partial charge in [-0.3, -0.25) is 4.79 Å². The largest absolute Gasteiger partial charge is 0.453 e. The molecule has 0 radical (unpaired) electrons. The number of carbonyl (C=O) groups excluding carboxylic acids is 1. The zero-order valence-electron chi connectivity index (χ0n) is 9.58. The number of rotatable bonds is 2. The molecule has 0 spiro atoms. The first-order valence-electron chi connectivity index (χ1n) is 5.14. The third kappa shape index (κ3) is 2.49. The Bertz CT molecular complexity index is 614. The van der Waals surface area contributed by atoms with E-state index < -0.39 is 29.1 Å². The van der Waals surface area contributed by atoms with E-state index in [9.17, 15) is 22.4 Å². The molecule has 0 aliphatic heterocycles. The minimum Gasteiger partial charge on any atom is -0.350 e. The van der Waals surface area contributed by atoms with Crippen molar-refractivity contribution in [3.05, 3.63) is 41.4 Å². The van der Waals surface area contributed by atoms with Gasteiger partial charge >= 0.3 is 6.18 Å². The molecule has 0 aliphatic rings. The van der Waals surface area contributed by atoms with E-state index in [0.29, 0.717) is 0 Å². The van der Waals surface area contributed by atoms with Crippen LogP contribution < -0.4 is 0 Å². The van der Waals surface area contributed by atoms with E-state index in [4.69, 9.17) is 0 Å². The summed E-state index contributed by atoms with van der Waals surface area (Å²) in [5, 5.41) is 3.27. The Morgan fingerprint density at radius 1 is 1.21 bits per heavy atom. The monoisotopic (exact) mass is 273 g/mol. The fourth-order valence-electron chi connectivity index (χ4n) is 1.62. The number of carbonyl (C=O) groups is 1. The molecule has 7 heteroatoms. The second-order valence-electron chi connectivity index (χ2n) is 3.80. The highest BCUT2D eigenvalue weighted by molar-refractivity contribution is 6.00. The van der Waals surface area contributed by atoms with Crippen molar-refractivity contribution in [3.8, 4) is 11.3 Å². The Kier molecular flexibility index (Phi) is 3.13. The smallest absolute Gasteiger partial charge is 0.350 e. The molecule has 19 heavy (non-hydrogen) atoms. The maximum absolute atomic E-state index is 12.8. The highest BCUT2D eigenvalue weighted by Gasteiger charge is 2.41. The van der Waals surface area contributed by atoms with Crippen LogP contribution in [0, 0.1) is 5.82 Å². The molecule has 0 unspecified atom stereocenters. The summed E-state index contributed by atoms with van der Waals surface area (Å²) in [4.78, 5) is 11.4. The zero-order valence-corrected chi connectivity index (χ0v) is 9.58. The van der Waals surface area contributed by atoms with Gasteiger partial charge in [-0.05, 0) is 31.2 Å². The number of hydrogen-bond donors (Lipinski definition) is 0. The zero-order chi connectivity index (χ0) is 14.2. The summed E-state index contributed by atoms with van der Waals surface area (Å²) < 4.78 is 54.9. The van der Waals surface area contributed by atoms with Crippen molar-refractivity contribution in [2.75, 3.05) is 0 Å². The molecule has 2 rings (SSSR count). The quantitative estimate of drug-likeness (QED) is 0.619. The molecular formula is C12H7F4NO2. The van der Waals surface area contributed by atoms with Gasteiger partial charge in [0.1, 0.15) is 11.5 Å². The number of halogens is 4. The summed E-state index contributed by atoms with van der Waals surface area (Å²) in [5.41, 5.74) is -0.732. The van der Waals surface area contributed by atoms with E-state index in [2.05, 4.69) is 9.68 Å². The Morgan fingerprint density at radius 2 is 1.79 bits per heavy atom. The predicted octanol–water partition coefficient (Wildman–Crippen LogP) is 3.70.